The highest BCUT2D eigenvalue weighted by molar-refractivity contribution is 5.74. The van der Waals surface area contributed by atoms with E-state index in [-0.39, 0.29) is 0 Å². The maximum Gasteiger partial charge on any atom is 0.318 e. The highest BCUT2D eigenvalue weighted by atomic mass is 16.4. The maximum absolute atomic E-state index is 5.80. The minimum Gasteiger partial charge on any atom is -0.423 e. The molecule has 1 saturated heterocycles. The Morgan fingerprint density at radius 1 is 0.905 bits per heavy atom. The summed E-state index contributed by atoms with van der Waals surface area (Å²) in [6.07, 6.45) is 0. The molecule has 0 atom stereocenters. The molecule has 1 aromatic carbocycles. The summed E-state index contributed by atoms with van der Waals surface area (Å²) in [4.78, 5) is 8.75. The number of fused-ring (bicyclic) bond motifs is 1. The van der Waals surface area contributed by atoms with Crippen molar-refractivity contribution in [3.05, 3.63) is 30.2 Å². The Kier molecular flexibility index (Phi) is 2.77. The van der Waals surface area contributed by atoms with Crippen LogP contribution < -0.4 is 9.80 Å². The van der Waals surface area contributed by atoms with Crippen molar-refractivity contribution in [2.75, 3.05) is 36.0 Å². The summed E-state index contributed by atoms with van der Waals surface area (Å²) in [5.74, 6) is 0.589. The molecule has 7 heteroatoms. The first kappa shape index (κ1) is 12.2. The molecule has 1 aliphatic heterocycles. The van der Waals surface area contributed by atoms with Gasteiger partial charge in [-0.15, -0.1) is 5.10 Å². The fourth-order valence-corrected chi connectivity index (χ4v) is 2.50. The fourth-order valence-electron chi connectivity index (χ4n) is 2.50. The highest BCUT2D eigenvalue weighted by Gasteiger charge is 2.23. The normalized spacial score (nSPS) is 15.9. The fraction of sp³-hybridized carbons (Fsp3) is 0.357. The smallest absolute Gasteiger partial charge is 0.318 e. The number of oxazole rings is 1. The van der Waals surface area contributed by atoms with E-state index >= 15 is 0 Å². The van der Waals surface area contributed by atoms with E-state index in [9.17, 15) is 0 Å². The third kappa shape index (κ3) is 2.20. The van der Waals surface area contributed by atoms with Crippen LogP contribution in [0.3, 0.4) is 0 Å². The van der Waals surface area contributed by atoms with Crippen LogP contribution >= 0.6 is 0 Å². The summed E-state index contributed by atoms with van der Waals surface area (Å²) in [7, 11) is 0. The second-order valence-corrected chi connectivity index (χ2v) is 5.04. The van der Waals surface area contributed by atoms with E-state index in [1.54, 1.807) is 6.92 Å². The molecule has 4 rings (SSSR count). The first-order chi connectivity index (χ1) is 10.3. The number of aryl methyl sites for hydroxylation is 1. The Morgan fingerprint density at radius 2 is 1.62 bits per heavy atom. The van der Waals surface area contributed by atoms with Gasteiger partial charge in [-0.2, -0.15) is 4.98 Å². The molecule has 0 aliphatic carbocycles. The van der Waals surface area contributed by atoms with Crippen LogP contribution in [0, 0.1) is 6.92 Å². The van der Waals surface area contributed by atoms with Gasteiger partial charge in [0.15, 0.2) is 5.58 Å². The lowest BCUT2D eigenvalue weighted by Gasteiger charge is -2.32. The average molecular weight is 285 g/mol. The van der Waals surface area contributed by atoms with Crippen molar-refractivity contribution in [1.82, 2.24) is 15.2 Å². The van der Waals surface area contributed by atoms with Crippen LogP contribution in [0.15, 0.2) is 33.1 Å². The third-order valence-corrected chi connectivity index (χ3v) is 3.62. The molecule has 108 valence electrons. The van der Waals surface area contributed by atoms with E-state index < -0.39 is 0 Å². The summed E-state index contributed by atoms with van der Waals surface area (Å²) in [5.41, 5.74) is 1.71. The first-order valence-electron chi connectivity index (χ1n) is 6.95. The Morgan fingerprint density at radius 3 is 2.29 bits per heavy atom. The molecule has 2 aromatic heterocycles. The molecule has 7 nitrogen and oxygen atoms in total. The van der Waals surface area contributed by atoms with E-state index in [4.69, 9.17) is 8.83 Å². The summed E-state index contributed by atoms with van der Waals surface area (Å²) >= 11 is 0. The van der Waals surface area contributed by atoms with Gasteiger partial charge in [0.25, 0.3) is 6.01 Å². The average Bonchev–Trinajstić information content (AvgIpc) is 3.13. The SMILES string of the molecule is Cc1nnc(N2CCN(c3nc4ccccc4o3)CC2)o1. The lowest BCUT2D eigenvalue weighted by Crippen LogP contribution is -2.46. The van der Waals surface area contributed by atoms with Gasteiger partial charge in [-0.05, 0) is 12.1 Å². The largest absolute Gasteiger partial charge is 0.423 e. The first-order valence-corrected chi connectivity index (χ1v) is 6.95. The van der Waals surface area contributed by atoms with Gasteiger partial charge >= 0.3 is 6.01 Å². The number of hydrogen-bond acceptors (Lipinski definition) is 7. The second-order valence-electron chi connectivity index (χ2n) is 5.04. The number of anilines is 2. The zero-order chi connectivity index (χ0) is 14.2. The van der Waals surface area contributed by atoms with E-state index in [0.717, 1.165) is 37.3 Å². The summed E-state index contributed by atoms with van der Waals surface area (Å²) in [6.45, 7) is 5.04. The summed E-state index contributed by atoms with van der Waals surface area (Å²) < 4.78 is 11.3. The van der Waals surface area contributed by atoms with Gasteiger partial charge in [0.05, 0.1) is 0 Å². The zero-order valence-corrected chi connectivity index (χ0v) is 11.7. The molecular weight excluding hydrogens is 270 g/mol. The van der Waals surface area contributed by atoms with Crippen LogP contribution in [-0.2, 0) is 0 Å². The molecule has 3 aromatic rings. The summed E-state index contributed by atoms with van der Waals surface area (Å²) in [5, 5.41) is 7.92. The lowest BCUT2D eigenvalue weighted by molar-refractivity contribution is 0.481. The molecule has 0 amide bonds. The molecule has 0 saturated carbocycles. The molecule has 0 bridgehead atoms. The van der Waals surface area contributed by atoms with Gasteiger partial charge in [-0.1, -0.05) is 17.2 Å². The van der Waals surface area contributed by atoms with Crippen LogP contribution in [0.2, 0.25) is 0 Å². The van der Waals surface area contributed by atoms with Crippen molar-refractivity contribution in [2.24, 2.45) is 0 Å². The number of hydrogen-bond donors (Lipinski definition) is 0. The van der Waals surface area contributed by atoms with Crippen molar-refractivity contribution in [3.8, 4) is 0 Å². The molecule has 0 radical (unpaired) electrons. The van der Waals surface area contributed by atoms with Crippen molar-refractivity contribution in [1.29, 1.82) is 0 Å². The molecule has 1 fully saturated rings. The topological polar surface area (TPSA) is 71.4 Å². The van der Waals surface area contributed by atoms with Crippen LogP contribution in [0.4, 0.5) is 12.0 Å². The minimum absolute atomic E-state index is 0.588. The summed E-state index contributed by atoms with van der Waals surface area (Å²) in [6, 6.07) is 9.07. The Balaban J connectivity index is 1.49. The van der Waals surface area contributed by atoms with Crippen molar-refractivity contribution >= 4 is 23.1 Å². The van der Waals surface area contributed by atoms with Crippen LogP contribution in [-0.4, -0.2) is 41.4 Å². The van der Waals surface area contributed by atoms with E-state index in [1.165, 1.54) is 0 Å². The molecular formula is C14H15N5O2. The second kappa shape index (κ2) is 4.76. The van der Waals surface area contributed by atoms with Crippen LogP contribution in [0.25, 0.3) is 11.1 Å². The van der Waals surface area contributed by atoms with Gasteiger partial charge in [-0.25, -0.2) is 0 Å². The number of para-hydroxylation sites is 2. The molecule has 21 heavy (non-hydrogen) atoms. The molecule has 3 heterocycles. The highest BCUT2D eigenvalue weighted by Crippen LogP contribution is 2.23. The van der Waals surface area contributed by atoms with E-state index in [2.05, 4.69) is 25.0 Å². The standard InChI is InChI=1S/C14H15N5O2/c1-10-16-17-14(20-10)19-8-6-18(7-9-19)13-15-11-4-2-3-5-12(11)21-13/h2-5H,6-9H2,1H3. The quantitative estimate of drug-likeness (QED) is 0.711. The van der Waals surface area contributed by atoms with Crippen molar-refractivity contribution in [3.63, 3.8) is 0 Å². The Hall–Kier alpha value is -2.57. The lowest BCUT2D eigenvalue weighted by atomic mass is 10.3. The predicted molar refractivity (Wildman–Crippen MR) is 77.5 cm³/mol. The zero-order valence-electron chi connectivity index (χ0n) is 11.7. The number of piperazine rings is 1. The monoisotopic (exact) mass is 285 g/mol. The number of benzene rings is 1. The number of nitrogens with zero attached hydrogens (tertiary/aromatic N) is 5. The third-order valence-electron chi connectivity index (χ3n) is 3.62. The maximum atomic E-state index is 5.80. The van der Waals surface area contributed by atoms with Crippen LogP contribution in [0.1, 0.15) is 5.89 Å². The number of rotatable bonds is 2. The number of aromatic nitrogens is 3. The van der Waals surface area contributed by atoms with Gasteiger partial charge in [0.1, 0.15) is 5.52 Å². The van der Waals surface area contributed by atoms with Gasteiger partial charge in [-0.3, -0.25) is 0 Å². The van der Waals surface area contributed by atoms with E-state index in [1.807, 2.05) is 24.3 Å². The predicted octanol–water partition coefficient (Wildman–Crippen LogP) is 1.85. The van der Waals surface area contributed by atoms with Crippen molar-refractivity contribution < 1.29 is 8.83 Å². The van der Waals surface area contributed by atoms with Gasteiger partial charge < -0.3 is 18.6 Å². The van der Waals surface area contributed by atoms with E-state index in [0.29, 0.717) is 17.9 Å². The molecule has 0 N–H and O–H groups in total. The van der Waals surface area contributed by atoms with Gasteiger partial charge in [0, 0.05) is 33.1 Å². The van der Waals surface area contributed by atoms with Crippen molar-refractivity contribution in [2.45, 2.75) is 6.92 Å². The molecule has 0 spiro atoms. The minimum atomic E-state index is 0.588. The van der Waals surface area contributed by atoms with Gasteiger partial charge in [0.2, 0.25) is 5.89 Å². The van der Waals surface area contributed by atoms with Crippen LogP contribution in [0.5, 0.6) is 0 Å². The Labute approximate surface area is 121 Å². The molecule has 0 unspecified atom stereocenters. The Bertz CT molecular complexity index is 724. The molecule has 1 aliphatic rings.